The molecule has 0 aromatic heterocycles. The molecule has 1 N–H and O–H groups in total. The standard InChI is InChI=1S/C45H76NO8P/c1-5-7-9-11-13-15-17-19-21-22-24-26-28-30-32-34-36-38-45(48)54-43(42-53-55(49,50)52-40-39-46(3)4)41-51-44(47)37-35-33-31-29-27-25-23-20-18-16-14-12-10-8-6-2/h13-16,19-21,23-24,26-27,29-30,32,43H,5-12,17-18,22,25,28,31,33-42H2,1-4H3,(H,49,50)/b15-13-,16-14-,21-19-,23-20-,26-24-,29-27-,32-30-. The molecule has 0 aromatic carbocycles. The number of hydrogen-bond donors (Lipinski definition) is 1. The summed E-state index contributed by atoms with van der Waals surface area (Å²) < 4.78 is 33.3. The van der Waals surface area contributed by atoms with Crippen LogP contribution in [0.2, 0.25) is 0 Å². The fraction of sp³-hybridized carbons (Fsp3) is 0.644. The molecule has 0 amide bonds. The summed E-state index contributed by atoms with van der Waals surface area (Å²) >= 11 is 0. The Balaban J connectivity index is 4.51. The minimum absolute atomic E-state index is 0.0135. The van der Waals surface area contributed by atoms with E-state index in [1.54, 1.807) is 4.90 Å². The van der Waals surface area contributed by atoms with Crippen LogP contribution < -0.4 is 0 Å². The maximum absolute atomic E-state index is 12.6. The van der Waals surface area contributed by atoms with Crippen LogP contribution in [0.3, 0.4) is 0 Å². The zero-order chi connectivity index (χ0) is 40.5. The molecule has 55 heavy (non-hydrogen) atoms. The number of phosphoric acid groups is 1. The van der Waals surface area contributed by atoms with Gasteiger partial charge in [0.15, 0.2) is 6.10 Å². The van der Waals surface area contributed by atoms with E-state index in [2.05, 4.69) is 92.8 Å². The number of esters is 2. The second kappa shape index (κ2) is 39.4. The summed E-state index contributed by atoms with van der Waals surface area (Å²) in [6.45, 7) is 4.13. The third kappa shape index (κ3) is 40.7. The van der Waals surface area contributed by atoms with Gasteiger partial charge in [-0.25, -0.2) is 4.57 Å². The molecule has 0 aliphatic rings. The Labute approximate surface area is 335 Å². The van der Waals surface area contributed by atoms with Gasteiger partial charge in [0.25, 0.3) is 0 Å². The fourth-order valence-corrected chi connectivity index (χ4v) is 5.66. The quantitative estimate of drug-likeness (QED) is 0.0284. The van der Waals surface area contributed by atoms with Crippen LogP contribution in [0.25, 0.3) is 0 Å². The van der Waals surface area contributed by atoms with Gasteiger partial charge < -0.3 is 19.3 Å². The van der Waals surface area contributed by atoms with E-state index in [1.807, 2.05) is 20.2 Å². The molecule has 0 rings (SSSR count). The van der Waals surface area contributed by atoms with E-state index < -0.39 is 32.5 Å². The van der Waals surface area contributed by atoms with Crippen molar-refractivity contribution in [1.82, 2.24) is 4.90 Å². The van der Waals surface area contributed by atoms with Gasteiger partial charge in [-0.05, 0) is 104 Å². The zero-order valence-electron chi connectivity index (χ0n) is 34.8. The monoisotopic (exact) mass is 790 g/mol. The second-order valence-corrected chi connectivity index (χ2v) is 15.3. The van der Waals surface area contributed by atoms with Crippen LogP contribution in [-0.2, 0) is 32.7 Å². The third-order valence-electron chi connectivity index (χ3n) is 8.17. The van der Waals surface area contributed by atoms with Crippen molar-refractivity contribution in [3.05, 3.63) is 85.1 Å². The Hall–Kier alpha value is -2.81. The molecule has 0 saturated carbocycles. The highest BCUT2D eigenvalue weighted by Gasteiger charge is 2.26. The predicted octanol–water partition coefficient (Wildman–Crippen LogP) is 11.9. The summed E-state index contributed by atoms with van der Waals surface area (Å²) in [6.07, 6.45) is 47.8. The van der Waals surface area contributed by atoms with Crippen LogP contribution >= 0.6 is 7.82 Å². The number of hydrogen-bond acceptors (Lipinski definition) is 8. The summed E-state index contributed by atoms with van der Waals surface area (Å²) in [5, 5.41) is 0. The SMILES string of the molecule is CCCCC/C=C\C/C=C\C/C=C\C/C=C\CCCC(=O)OC(COC(=O)CCCC/C=C\C/C=C\C/C=C\CCCCC)COP(=O)(O)OCCN(C)C. The number of phosphoric ester groups is 1. The maximum Gasteiger partial charge on any atom is 0.472 e. The van der Waals surface area contributed by atoms with Crippen LogP contribution in [-0.4, -0.2) is 68.3 Å². The average molecular weight is 790 g/mol. The Morgan fingerprint density at radius 2 is 0.982 bits per heavy atom. The first-order valence-electron chi connectivity index (χ1n) is 20.9. The highest BCUT2D eigenvalue weighted by Crippen LogP contribution is 2.43. The van der Waals surface area contributed by atoms with Gasteiger partial charge in [0.1, 0.15) is 6.61 Å². The van der Waals surface area contributed by atoms with Crippen LogP contribution in [0.1, 0.15) is 142 Å². The molecule has 0 fully saturated rings. The lowest BCUT2D eigenvalue weighted by molar-refractivity contribution is -0.161. The molecule has 0 aliphatic heterocycles. The van der Waals surface area contributed by atoms with Crippen LogP contribution in [0.4, 0.5) is 0 Å². The van der Waals surface area contributed by atoms with E-state index >= 15 is 0 Å². The number of ether oxygens (including phenoxy) is 2. The molecule has 0 spiro atoms. The van der Waals surface area contributed by atoms with Gasteiger partial charge in [-0.3, -0.25) is 18.6 Å². The van der Waals surface area contributed by atoms with Crippen molar-refractivity contribution in [2.45, 2.75) is 148 Å². The number of carbonyl (C=O) groups excluding carboxylic acids is 2. The van der Waals surface area contributed by atoms with Crippen molar-refractivity contribution in [3.63, 3.8) is 0 Å². The van der Waals surface area contributed by atoms with Crippen LogP contribution in [0.5, 0.6) is 0 Å². The van der Waals surface area contributed by atoms with Gasteiger partial charge in [-0.1, -0.05) is 125 Å². The first kappa shape index (κ1) is 52.2. The molecule has 9 nitrogen and oxygen atoms in total. The molecular weight excluding hydrogens is 713 g/mol. The molecule has 2 atom stereocenters. The summed E-state index contributed by atoms with van der Waals surface area (Å²) in [5.41, 5.74) is 0. The molecule has 10 heteroatoms. The second-order valence-electron chi connectivity index (χ2n) is 13.8. The van der Waals surface area contributed by atoms with Crippen molar-refractivity contribution >= 4 is 19.8 Å². The van der Waals surface area contributed by atoms with Crippen LogP contribution in [0, 0.1) is 0 Å². The predicted molar refractivity (Wildman–Crippen MR) is 229 cm³/mol. The lowest BCUT2D eigenvalue weighted by Gasteiger charge is -2.20. The number of rotatable bonds is 37. The van der Waals surface area contributed by atoms with Gasteiger partial charge >= 0.3 is 19.8 Å². The van der Waals surface area contributed by atoms with Gasteiger partial charge in [0, 0.05) is 19.4 Å². The number of allylic oxidation sites excluding steroid dienone is 14. The van der Waals surface area contributed by atoms with Gasteiger partial charge in [-0.2, -0.15) is 0 Å². The van der Waals surface area contributed by atoms with Gasteiger partial charge in [0.2, 0.25) is 0 Å². The van der Waals surface area contributed by atoms with Gasteiger partial charge in [0.05, 0.1) is 13.2 Å². The molecule has 0 saturated heterocycles. The molecule has 0 heterocycles. The van der Waals surface area contributed by atoms with E-state index in [1.165, 1.54) is 44.9 Å². The smallest absolute Gasteiger partial charge is 0.462 e. The molecule has 2 unspecified atom stereocenters. The van der Waals surface area contributed by atoms with E-state index in [4.69, 9.17) is 18.5 Å². The van der Waals surface area contributed by atoms with Crippen molar-refractivity contribution in [2.75, 3.05) is 40.5 Å². The summed E-state index contributed by atoms with van der Waals surface area (Å²) in [4.78, 5) is 36.9. The number of unbranched alkanes of at least 4 members (excludes halogenated alkanes) is 9. The molecule has 0 aliphatic carbocycles. The topological polar surface area (TPSA) is 112 Å². The Kier molecular flexibility index (Phi) is 37.4. The summed E-state index contributed by atoms with van der Waals surface area (Å²) in [7, 11) is -0.767. The molecule has 0 bridgehead atoms. The van der Waals surface area contributed by atoms with Crippen molar-refractivity contribution < 1.29 is 37.6 Å². The highest BCUT2D eigenvalue weighted by molar-refractivity contribution is 7.47. The zero-order valence-corrected chi connectivity index (χ0v) is 35.7. The molecular formula is C45H76NO8P. The first-order valence-corrected chi connectivity index (χ1v) is 22.4. The Morgan fingerprint density at radius 1 is 0.564 bits per heavy atom. The number of nitrogens with zero attached hydrogens (tertiary/aromatic N) is 1. The fourth-order valence-electron chi connectivity index (χ4n) is 4.92. The van der Waals surface area contributed by atoms with Crippen LogP contribution in [0.15, 0.2) is 85.1 Å². The summed E-state index contributed by atoms with van der Waals surface area (Å²) in [6, 6.07) is 0. The van der Waals surface area contributed by atoms with Crippen molar-refractivity contribution in [1.29, 1.82) is 0 Å². The largest absolute Gasteiger partial charge is 0.472 e. The first-order chi connectivity index (χ1) is 26.7. The van der Waals surface area contributed by atoms with E-state index in [-0.39, 0.29) is 26.1 Å². The molecule has 0 radical (unpaired) electrons. The van der Waals surface area contributed by atoms with E-state index in [9.17, 15) is 19.0 Å². The lowest BCUT2D eigenvalue weighted by atomic mass is 10.1. The van der Waals surface area contributed by atoms with E-state index in [0.717, 1.165) is 51.4 Å². The highest BCUT2D eigenvalue weighted by atomic mass is 31.2. The average Bonchev–Trinajstić information content (AvgIpc) is 3.15. The minimum Gasteiger partial charge on any atom is -0.462 e. The number of likely N-dealkylation sites (N-methyl/N-ethyl adjacent to an activating group) is 1. The van der Waals surface area contributed by atoms with Crippen molar-refractivity contribution in [3.8, 4) is 0 Å². The number of carbonyl (C=O) groups is 2. The molecule has 314 valence electrons. The third-order valence-corrected chi connectivity index (χ3v) is 9.16. The molecule has 0 aromatic rings. The van der Waals surface area contributed by atoms with Gasteiger partial charge in [-0.15, -0.1) is 0 Å². The Morgan fingerprint density at radius 3 is 1.44 bits per heavy atom. The van der Waals surface area contributed by atoms with E-state index in [0.29, 0.717) is 25.8 Å². The van der Waals surface area contributed by atoms with Crippen molar-refractivity contribution in [2.24, 2.45) is 0 Å². The minimum atomic E-state index is -4.39. The normalized spacial score (nSPS) is 14.3. The lowest BCUT2D eigenvalue weighted by Crippen LogP contribution is -2.29. The summed E-state index contributed by atoms with van der Waals surface area (Å²) in [5.74, 6) is -0.923. The Bertz CT molecular complexity index is 1190. The maximum atomic E-state index is 12.6.